The second-order valence-corrected chi connectivity index (χ2v) is 6.10. The molecule has 1 amide bonds. The fourth-order valence-electron chi connectivity index (χ4n) is 2.39. The van der Waals surface area contributed by atoms with E-state index in [2.05, 4.69) is 5.32 Å². The normalized spacial score (nSPS) is 10.7. The van der Waals surface area contributed by atoms with Crippen molar-refractivity contribution >= 4 is 18.0 Å². The molecule has 5 heteroatoms. The lowest BCUT2D eigenvalue weighted by atomic mass is 10.1. The summed E-state index contributed by atoms with van der Waals surface area (Å²) < 4.78 is 4.93. The van der Waals surface area contributed by atoms with Crippen LogP contribution in [0, 0.1) is 18.3 Å². The number of ether oxygens (including phenoxy) is 1. The van der Waals surface area contributed by atoms with Gasteiger partial charge in [0.25, 0.3) is 5.91 Å². The fourth-order valence-corrected chi connectivity index (χ4v) is 2.39. The van der Waals surface area contributed by atoms with Crippen LogP contribution in [0.15, 0.2) is 60.2 Å². The summed E-state index contributed by atoms with van der Waals surface area (Å²) in [5.74, 6) is -1.19. The predicted molar refractivity (Wildman–Crippen MR) is 104 cm³/mol. The number of rotatable bonds is 8. The van der Waals surface area contributed by atoms with Gasteiger partial charge in [0.2, 0.25) is 0 Å². The minimum atomic E-state index is -0.808. The van der Waals surface area contributed by atoms with Crippen molar-refractivity contribution < 1.29 is 14.3 Å². The number of nitrogens with zero attached hydrogens (tertiary/aromatic N) is 1. The molecule has 0 aliphatic heterocycles. The first-order valence-electron chi connectivity index (χ1n) is 8.74. The van der Waals surface area contributed by atoms with Crippen LogP contribution in [0.2, 0.25) is 0 Å². The zero-order valence-electron chi connectivity index (χ0n) is 15.3. The molecule has 0 aromatic heterocycles. The van der Waals surface area contributed by atoms with Crippen molar-refractivity contribution in [2.45, 2.75) is 19.8 Å². The first-order valence-corrected chi connectivity index (χ1v) is 8.74. The zero-order valence-corrected chi connectivity index (χ0v) is 15.3. The number of aryl methyl sites for hydroxylation is 2. The molecule has 2 rings (SSSR count). The number of nitrogens with one attached hydrogen (secondary N) is 1. The van der Waals surface area contributed by atoms with Crippen LogP contribution in [0.4, 0.5) is 0 Å². The Hall–Kier alpha value is -3.39. The number of esters is 1. The molecule has 0 unspecified atom stereocenters. The number of benzene rings is 2. The largest absolute Gasteiger partial charge is 0.451 e. The molecule has 1 N–H and O–H groups in total. The van der Waals surface area contributed by atoms with Gasteiger partial charge in [0.05, 0.1) is 0 Å². The van der Waals surface area contributed by atoms with E-state index < -0.39 is 12.6 Å². The van der Waals surface area contributed by atoms with E-state index in [1.54, 1.807) is 12.1 Å². The molecule has 0 saturated heterocycles. The number of amides is 1. The number of carbonyl (C=O) groups is 2. The molecular weight excluding hydrogens is 340 g/mol. The molecule has 0 radical (unpaired) electrons. The molecule has 0 atom stereocenters. The Morgan fingerprint density at radius 2 is 1.81 bits per heavy atom. The van der Waals surface area contributed by atoms with Crippen LogP contribution in [0.25, 0.3) is 6.08 Å². The highest BCUT2D eigenvalue weighted by Crippen LogP contribution is 2.09. The highest BCUT2D eigenvalue weighted by molar-refractivity contribution is 5.98. The summed E-state index contributed by atoms with van der Waals surface area (Å²) >= 11 is 0. The summed E-state index contributed by atoms with van der Waals surface area (Å²) in [6, 6.07) is 19.2. The van der Waals surface area contributed by atoms with Gasteiger partial charge in [0.15, 0.2) is 6.61 Å². The van der Waals surface area contributed by atoms with Crippen LogP contribution >= 0.6 is 0 Å². The molecule has 0 bridgehead atoms. The summed E-state index contributed by atoms with van der Waals surface area (Å²) in [5.41, 5.74) is 2.87. The lowest BCUT2D eigenvalue weighted by molar-refractivity contribution is -0.144. The van der Waals surface area contributed by atoms with Crippen molar-refractivity contribution in [3.05, 3.63) is 76.9 Å². The van der Waals surface area contributed by atoms with Gasteiger partial charge in [-0.2, -0.15) is 5.26 Å². The average molecular weight is 362 g/mol. The van der Waals surface area contributed by atoms with E-state index in [0.717, 1.165) is 24.0 Å². The van der Waals surface area contributed by atoms with E-state index in [0.29, 0.717) is 6.54 Å². The van der Waals surface area contributed by atoms with Crippen LogP contribution in [0.3, 0.4) is 0 Å². The van der Waals surface area contributed by atoms with Gasteiger partial charge in [0.1, 0.15) is 11.6 Å². The first kappa shape index (κ1) is 19.9. The second kappa shape index (κ2) is 10.6. The maximum Gasteiger partial charge on any atom is 0.349 e. The number of carbonyl (C=O) groups excluding carboxylic acids is 2. The summed E-state index contributed by atoms with van der Waals surface area (Å²) in [7, 11) is 0. The number of hydrogen-bond acceptors (Lipinski definition) is 4. The van der Waals surface area contributed by atoms with Gasteiger partial charge in [-0.05, 0) is 37.0 Å². The molecule has 0 aliphatic rings. The van der Waals surface area contributed by atoms with E-state index in [9.17, 15) is 9.59 Å². The minimum Gasteiger partial charge on any atom is -0.451 e. The Morgan fingerprint density at radius 1 is 1.11 bits per heavy atom. The van der Waals surface area contributed by atoms with E-state index in [1.165, 1.54) is 11.6 Å². The third-order valence-corrected chi connectivity index (χ3v) is 3.87. The van der Waals surface area contributed by atoms with Crippen LogP contribution in [0.5, 0.6) is 0 Å². The third kappa shape index (κ3) is 7.17. The maximum absolute atomic E-state index is 12.0. The summed E-state index contributed by atoms with van der Waals surface area (Å²) in [5, 5.41) is 11.8. The third-order valence-electron chi connectivity index (χ3n) is 3.87. The lowest BCUT2D eigenvalue weighted by Crippen LogP contribution is -2.30. The Kier molecular flexibility index (Phi) is 7.80. The van der Waals surface area contributed by atoms with Crippen molar-refractivity contribution in [2.24, 2.45) is 0 Å². The van der Waals surface area contributed by atoms with Gasteiger partial charge in [-0.15, -0.1) is 0 Å². The average Bonchev–Trinajstić information content (AvgIpc) is 2.69. The number of nitriles is 1. The SMILES string of the molecule is Cc1ccc(/C=C(\C#N)C(=O)OCC(=O)NCCCc2ccccc2)cc1. The highest BCUT2D eigenvalue weighted by atomic mass is 16.5. The summed E-state index contributed by atoms with van der Waals surface area (Å²) in [6.07, 6.45) is 3.10. The zero-order chi connectivity index (χ0) is 19.5. The van der Waals surface area contributed by atoms with Gasteiger partial charge in [-0.25, -0.2) is 4.79 Å². The van der Waals surface area contributed by atoms with Crippen molar-refractivity contribution in [1.82, 2.24) is 5.32 Å². The monoisotopic (exact) mass is 362 g/mol. The van der Waals surface area contributed by atoms with Gasteiger partial charge in [-0.3, -0.25) is 4.79 Å². The van der Waals surface area contributed by atoms with Crippen molar-refractivity contribution in [3.63, 3.8) is 0 Å². The molecule has 0 saturated carbocycles. The van der Waals surface area contributed by atoms with Gasteiger partial charge in [0, 0.05) is 6.54 Å². The van der Waals surface area contributed by atoms with E-state index >= 15 is 0 Å². The van der Waals surface area contributed by atoms with E-state index in [1.807, 2.05) is 55.5 Å². The predicted octanol–water partition coefficient (Wildman–Crippen LogP) is 3.19. The highest BCUT2D eigenvalue weighted by Gasteiger charge is 2.13. The Bertz CT molecular complexity index is 834. The second-order valence-electron chi connectivity index (χ2n) is 6.10. The van der Waals surface area contributed by atoms with Crippen LogP contribution in [-0.4, -0.2) is 25.0 Å². The molecule has 0 heterocycles. The van der Waals surface area contributed by atoms with Gasteiger partial charge < -0.3 is 10.1 Å². The molecular formula is C22H22N2O3. The molecule has 2 aromatic rings. The standard InChI is InChI=1S/C22H22N2O3/c1-17-9-11-19(12-10-17)14-20(15-23)22(26)27-16-21(25)24-13-5-8-18-6-3-2-4-7-18/h2-4,6-7,9-12,14H,5,8,13,16H2,1H3,(H,24,25)/b20-14+. The fraction of sp³-hybridized carbons (Fsp3) is 0.227. The smallest absolute Gasteiger partial charge is 0.349 e. The Balaban J connectivity index is 1.73. The van der Waals surface area contributed by atoms with Crippen molar-refractivity contribution in [3.8, 4) is 6.07 Å². The summed E-state index contributed by atoms with van der Waals surface area (Å²) in [6.45, 7) is 2.04. The van der Waals surface area contributed by atoms with E-state index in [-0.39, 0.29) is 11.5 Å². The van der Waals surface area contributed by atoms with E-state index in [4.69, 9.17) is 10.00 Å². The van der Waals surface area contributed by atoms with Gasteiger partial charge in [-0.1, -0.05) is 60.2 Å². The first-order chi connectivity index (χ1) is 13.1. The van der Waals surface area contributed by atoms with Gasteiger partial charge >= 0.3 is 5.97 Å². The molecule has 0 aliphatic carbocycles. The summed E-state index contributed by atoms with van der Waals surface area (Å²) in [4.78, 5) is 23.7. The molecule has 138 valence electrons. The molecule has 5 nitrogen and oxygen atoms in total. The lowest BCUT2D eigenvalue weighted by Gasteiger charge is -2.06. The maximum atomic E-state index is 12.0. The van der Waals surface area contributed by atoms with Crippen molar-refractivity contribution in [2.75, 3.05) is 13.2 Å². The molecule has 27 heavy (non-hydrogen) atoms. The van der Waals surface area contributed by atoms with Crippen LogP contribution in [-0.2, 0) is 20.7 Å². The Morgan fingerprint density at radius 3 is 2.48 bits per heavy atom. The number of hydrogen-bond donors (Lipinski definition) is 1. The molecule has 2 aromatic carbocycles. The van der Waals surface area contributed by atoms with Crippen LogP contribution in [0.1, 0.15) is 23.1 Å². The minimum absolute atomic E-state index is 0.143. The van der Waals surface area contributed by atoms with Crippen molar-refractivity contribution in [1.29, 1.82) is 5.26 Å². The quantitative estimate of drug-likeness (QED) is 0.338. The Labute approximate surface area is 159 Å². The molecule has 0 fully saturated rings. The topological polar surface area (TPSA) is 79.2 Å². The van der Waals surface area contributed by atoms with Crippen LogP contribution < -0.4 is 5.32 Å². The molecule has 0 spiro atoms.